The van der Waals surface area contributed by atoms with Crippen LogP contribution in [0.5, 0.6) is 5.75 Å². The van der Waals surface area contributed by atoms with Crippen molar-refractivity contribution in [2.75, 3.05) is 19.0 Å². The van der Waals surface area contributed by atoms with E-state index in [2.05, 4.69) is 23.5 Å². The van der Waals surface area contributed by atoms with E-state index in [9.17, 15) is 0 Å². The van der Waals surface area contributed by atoms with E-state index in [4.69, 9.17) is 16.3 Å². The molecule has 2 nitrogen and oxygen atoms in total. The minimum Gasteiger partial charge on any atom is -0.494 e. The molecule has 0 aliphatic heterocycles. The van der Waals surface area contributed by atoms with Crippen LogP contribution in [0.15, 0.2) is 42.5 Å². The fraction of sp³-hybridized carbons (Fsp3) is 0.250. The monoisotopic (exact) mass is 275 g/mol. The number of nitrogens with one attached hydrogen (secondary N) is 1. The quantitative estimate of drug-likeness (QED) is 0.875. The number of hydrogen-bond acceptors (Lipinski definition) is 2. The van der Waals surface area contributed by atoms with Crippen molar-refractivity contribution in [2.24, 2.45) is 0 Å². The lowest BCUT2D eigenvalue weighted by atomic mass is 10.0. The smallest absolute Gasteiger partial charge is 0.119 e. The van der Waals surface area contributed by atoms with Crippen LogP contribution in [-0.4, -0.2) is 13.7 Å². The second-order valence-corrected chi connectivity index (χ2v) is 4.72. The molecule has 2 rings (SSSR count). The van der Waals surface area contributed by atoms with Crippen molar-refractivity contribution in [1.29, 1.82) is 0 Å². The molecular weight excluding hydrogens is 258 g/mol. The van der Waals surface area contributed by atoms with Crippen LogP contribution in [0, 0.1) is 0 Å². The van der Waals surface area contributed by atoms with Crippen molar-refractivity contribution in [2.45, 2.75) is 13.3 Å². The number of rotatable bonds is 5. The Hall–Kier alpha value is -1.67. The number of anilines is 1. The summed E-state index contributed by atoms with van der Waals surface area (Å²) in [6.45, 7) is 2.67. The molecular formula is C16H18ClNO. The van der Waals surface area contributed by atoms with E-state index < -0.39 is 0 Å². The normalized spacial score (nSPS) is 10.3. The second-order valence-electron chi connectivity index (χ2n) is 4.31. The fourth-order valence-corrected chi connectivity index (χ4v) is 2.14. The van der Waals surface area contributed by atoms with Gasteiger partial charge in [-0.2, -0.15) is 0 Å². The Morgan fingerprint density at radius 2 is 1.84 bits per heavy atom. The SMILES string of the molecule is CCOc1ccc(Cc2cc(NC)ccc2Cl)cc1. The van der Waals surface area contributed by atoms with Crippen molar-refractivity contribution in [1.82, 2.24) is 0 Å². The lowest BCUT2D eigenvalue weighted by Gasteiger charge is -2.09. The Balaban J connectivity index is 2.16. The van der Waals surface area contributed by atoms with Crippen LogP contribution in [0.25, 0.3) is 0 Å². The highest BCUT2D eigenvalue weighted by Crippen LogP contribution is 2.24. The Morgan fingerprint density at radius 1 is 1.11 bits per heavy atom. The number of ether oxygens (including phenoxy) is 1. The van der Waals surface area contributed by atoms with Gasteiger partial charge in [-0.3, -0.25) is 0 Å². The maximum atomic E-state index is 6.23. The van der Waals surface area contributed by atoms with Gasteiger partial charge in [-0.15, -0.1) is 0 Å². The predicted molar refractivity (Wildman–Crippen MR) is 81.4 cm³/mol. The van der Waals surface area contributed by atoms with E-state index in [0.29, 0.717) is 6.61 Å². The summed E-state index contributed by atoms with van der Waals surface area (Å²) in [5.74, 6) is 0.904. The molecule has 100 valence electrons. The third-order valence-corrected chi connectivity index (χ3v) is 3.33. The highest BCUT2D eigenvalue weighted by atomic mass is 35.5. The standard InChI is InChI=1S/C16H18ClNO/c1-3-19-15-7-4-12(5-8-15)10-13-11-14(18-2)6-9-16(13)17/h4-9,11,18H,3,10H2,1-2H3. The average molecular weight is 276 g/mol. The van der Waals surface area contributed by atoms with Crippen molar-refractivity contribution >= 4 is 17.3 Å². The highest BCUT2D eigenvalue weighted by Gasteiger charge is 2.03. The van der Waals surface area contributed by atoms with Crippen LogP contribution < -0.4 is 10.1 Å². The molecule has 2 aromatic carbocycles. The molecule has 0 aromatic heterocycles. The summed E-state index contributed by atoms with van der Waals surface area (Å²) in [6.07, 6.45) is 0.820. The van der Waals surface area contributed by atoms with Gasteiger partial charge in [0.15, 0.2) is 0 Å². The van der Waals surface area contributed by atoms with Crippen LogP contribution in [0.3, 0.4) is 0 Å². The van der Waals surface area contributed by atoms with E-state index in [1.54, 1.807) is 0 Å². The first-order valence-electron chi connectivity index (χ1n) is 6.41. The molecule has 19 heavy (non-hydrogen) atoms. The van der Waals surface area contributed by atoms with Gasteiger partial charge in [-0.05, 0) is 54.8 Å². The molecule has 0 radical (unpaired) electrons. The summed E-state index contributed by atoms with van der Waals surface area (Å²) in [7, 11) is 1.91. The summed E-state index contributed by atoms with van der Waals surface area (Å²) in [6, 6.07) is 14.1. The molecule has 0 fully saturated rings. The first kappa shape index (κ1) is 13.8. The van der Waals surface area contributed by atoms with Gasteiger partial charge < -0.3 is 10.1 Å². The van der Waals surface area contributed by atoms with Crippen LogP contribution in [-0.2, 0) is 6.42 Å². The van der Waals surface area contributed by atoms with Crippen LogP contribution in [0.4, 0.5) is 5.69 Å². The van der Waals surface area contributed by atoms with E-state index in [1.807, 2.05) is 38.2 Å². The summed E-state index contributed by atoms with van der Waals surface area (Å²) in [4.78, 5) is 0. The Labute approximate surface area is 119 Å². The van der Waals surface area contributed by atoms with Crippen molar-refractivity contribution in [3.05, 3.63) is 58.6 Å². The minimum absolute atomic E-state index is 0.690. The van der Waals surface area contributed by atoms with Gasteiger partial charge >= 0.3 is 0 Å². The first-order chi connectivity index (χ1) is 9.22. The topological polar surface area (TPSA) is 21.3 Å². The van der Waals surface area contributed by atoms with Gasteiger partial charge in [-0.25, -0.2) is 0 Å². The molecule has 0 saturated heterocycles. The molecule has 1 N–H and O–H groups in total. The summed E-state index contributed by atoms with van der Waals surface area (Å²) in [5, 5.41) is 3.93. The molecule has 0 atom stereocenters. The zero-order chi connectivity index (χ0) is 13.7. The lowest BCUT2D eigenvalue weighted by molar-refractivity contribution is 0.340. The largest absolute Gasteiger partial charge is 0.494 e. The molecule has 0 aliphatic rings. The lowest BCUT2D eigenvalue weighted by Crippen LogP contribution is -1.94. The third kappa shape index (κ3) is 3.65. The Kier molecular flexibility index (Phi) is 4.69. The maximum Gasteiger partial charge on any atom is 0.119 e. The molecule has 0 aliphatic carbocycles. The minimum atomic E-state index is 0.690. The van der Waals surface area contributed by atoms with Gasteiger partial charge in [0.2, 0.25) is 0 Å². The molecule has 0 saturated carbocycles. The number of benzene rings is 2. The van der Waals surface area contributed by atoms with Crippen molar-refractivity contribution in [3.8, 4) is 5.75 Å². The number of halogens is 1. The van der Waals surface area contributed by atoms with Crippen LogP contribution in [0.2, 0.25) is 5.02 Å². The first-order valence-corrected chi connectivity index (χ1v) is 6.78. The van der Waals surface area contributed by atoms with Gasteiger partial charge in [-0.1, -0.05) is 23.7 Å². The van der Waals surface area contributed by atoms with E-state index in [-0.39, 0.29) is 0 Å². The maximum absolute atomic E-state index is 6.23. The van der Waals surface area contributed by atoms with E-state index >= 15 is 0 Å². The van der Waals surface area contributed by atoms with Gasteiger partial charge in [0.1, 0.15) is 5.75 Å². The average Bonchev–Trinajstić information content (AvgIpc) is 2.44. The molecule has 0 spiro atoms. The third-order valence-electron chi connectivity index (χ3n) is 2.96. The van der Waals surface area contributed by atoms with E-state index in [0.717, 1.165) is 28.4 Å². The van der Waals surface area contributed by atoms with Crippen molar-refractivity contribution < 1.29 is 4.74 Å². The van der Waals surface area contributed by atoms with Crippen LogP contribution >= 0.6 is 11.6 Å². The molecule has 0 amide bonds. The van der Waals surface area contributed by atoms with Gasteiger partial charge in [0.25, 0.3) is 0 Å². The highest BCUT2D eigenvalue weighted by molar-refractivity contribution is 6.31. The Bertz CT molecular complexity index is 537. The molecule has 0 bridgehead atoms. The molecule has 0 unspecified atom stereocenters. The zero-order valence-electron chi connectivity index (χ0n) is 11.2. The summed E-state index contributed by atoms with van der Waals surface area (Å²) < 4.78 is 5.44. The molecule has 2 aromatic rings. The van der Waals surface area contributed by atoms with Gasteiger partial charge in [0.05, 0.1) is 6.61 Å². The number of hydrogen-bond donors (Lipinski definition) is 1. The van der Waals surface area contributed by atoms with Crippen LogP contribution in [0.1, 0.15) is 18.1 Å². The zero-order valence-corrected chi connectivity index (χ0v) is 12.0. The van der Waals surface area contributed by atoms with Gasteiger partial charge in [0, 0.05) is 17.8 Å². The summed E-state index contributed by atoms with van der Waals surface area (Å²) in [5.41, 5.74) is 3.42. The fourth-order valence-electron chi connectivity index (χ4n) is 1.96. The predicted octanol–water partition coefficient (Wildman–Crippen LogP) is 4.37. The van der Waals surface area contributed by atoms with Crippen molar-refractivity contribution in [3.63, 3.8) is 0 Å². The summed E-state index contributed by atoms with van der Waals surface area (Å²) >= 11 is 6.23. The second kappa shape index (κ2) is 6.48. The Morgan fingerprint density at radius 3 is 2.47 bits per heavy atom. The molecule has 3 heteroatoms. The molecule has 0 heterocycles. The van der Waals surface area contributed by atoms with E-state index in [1.165, 1.54) is 5.56 Å².